The van der Waals surface area contributed by atoms with Crippen molar-refractivity contribution in [1.29, 1.82) is 0 Å². The zero-order valence-corrected chi connectivity index (χ0v) is 10.3. The molecule has 1 heterocycles. The van der Waals surface area contributed by atoms with Crippen molar-refractivity contribution in [2.45, 2.75) is 6.18 Å². The van der Waals surface area contributed by atoms with E-state index in [0.717, 1.165) is 30.5 Å². The van der Waals surface area contributed by atoms with Gasteiger partial charge < -0.3 is 11.1 Å². The molecule has 1 aromatic heterocycles. The minimum atomic E-state index is -4.45. The van der Waals surface area contributed by atoms with Crippen LogP contribution >= 0.6 is 0 Å². The highest BCUT2D eigenvalue weighted by molar-refractivity contribution is 5.65. The average Bonchev–Trinajstić information content (AvgIpc) is 2.38. The maximum absolute atomic E-state index is 12.4. The highest BCUT2D eigenvalue weighted by atomic mass is 19.4. The van der Waals surface area contributed by atoms with Crippen molar-refractivity contribution >= 4 is 23.1 Å². The second-order valence-corrected chi connectivity index (χ2v) is 3.92. The number of nitro groups is 1. The number of nitrogens with one attached hydrogen (secondary N) is 1. The summed E-state index contributed by atoms with van der Waals surface area (Å²) in [6.45, 7) is 0. The SMILES string of the molecule is Nc1ncc([N+](=O)[O-])c(Nc2ccc(C(F)(F)F)cc2)n1. The second kappa shape index (κ2) is 5.23. The van der Waals surface area contributed by atoms with Crippen LogP contribution in [-0.2, 0) is 6.18 Å². The number of rotatable bonds is 3. The highest BCUT2D eigenvalue weighted by Crippen LogP contribution is 2.31. The Kier molecular flexibility index (Phi) is 3.61. The van der Waals surface area contributed by atoms with Crippen LogP contribution in [0.25, 0.3) is 0 Å². The van der Waals surface area contributed by atoms with Crippen LogP contribution in [0.1, 0.15) is 5.56 Å². The van der Waals surface area contributed by atoms with Crippen LogP contribution in [0.4, 0.5) is 36.3 Å². The molecule has 0 saturated carbocycles. The number of halogens is 3. The van der Waals surface area contributed by atoms with Crippen molar-refractivity contribution < 1.29 is 18.1 Å². The van der Waals surface area contributed by atoms with E-state index in [2.05, 4.69) is 15.3 Å². The van der Waals surface area contributed by atoms with Crippen molar-refractivity contribution in [3.05, 3.63) is 46.1 Å². The van der Waals surface area contributed by atoms with Crippen molar-refractivity contribution in [2.75, 3.05) is 11.1 Å². The van der Waals surface area contributed by atoms with Crippen LogP contribution < -0.4 is 11.1 Å². The second-order valence-electron chi connectivity index (χ2n) is 3.92. The lowest BCUT2D eigenvalue weighted by atomic mass is 10.2. The Labute approximate surface area is 115 Å². The van der Waals surface area contributed by atoms with Crippen molar-refractivity contribution in [3.8, 4) is 0 Å². The van der Waals surface area contributed by atoms with Gasteiger partial charge in [0.15, 0.2) is 0 Å². The summed E-state index contributed by atoms with van der Waals surface area (Å²) in [6.07, 6.45) is -3.54. The van der Waals surface area contributed by atoms with Gasteiger partial charge >= 0.3 is 11.9 Å². The first-order chi connectivity index (χ1) is 9.77. The molecule has 0 atom stereocenters. The number of anilines is 3. The molecule has 7 nitrogen and oxygen atoms in total. The number of nitrogens with zero attached hydrogens (tertiary/aromatic N) is 3. The molecule has 0 fully saturated rings. The Morgan fingerprint density at radius 2 is 1.86 bits per heavy atom. The lowest BCUT2D eigenvalue weighted by Crippen LogP contribution is -2.06. The van der Waals surface area contributed by atoms with Crippen LogP contribution in [0.5, 0.6) is 0 Å². The molecule has 0 aliphatic rings. The molecular formula is C11H8F3N5O2. The number of hydrogen-bond donors (Lipinski definition) is 2. The van der Waals surface area contributed by atoms with Crippen LogP contribution in [0.15, 0.2) is 30.5 Å². The van der Waals surface area contributed by atoms with E-state index in [0.29, 0.717) is 0 Å². The summed E-state index contributed by atoms with van der Waals surface area (Å²) in [5.74, 6) is -0.401. The number of aromatic nitrogens is 2. The standard InChI is InChI=1S/C11H8F3N5O2/c12-11(13,14)6-1-3-7(4-2-6)17-9-8(19(20)21)5-16-10(15)18-9/h1-5H,(H3,15,16,17,18). The topological polar surface area (TPSA) is 107 Å². The molecule has 110 valence electrons. The Bertz CT molecular complexity index is 673. The molecule has 0 amide bonds. The van der Waals surface area contributed by atoms with Crippen molar-refractivity contribution in [1.82, 2.24) is 9.97 Å². The van der Waals surface area contributed by atoms with E-state index < -0.39 is 22.4 Å². The zero-order chi connectivity index (χ0) is 15.6. The van der Waals surface area contributed by atoms with E-state index >= 15 is 0 Å². The van der Waals surface area contributed by atoms with Crippen LogP contribution in [0.2, 0.25) is 0 Å². The van der Waals surface area contributed by atoms with Gasteiger partial charge in [-0.3, -0.25) is 10.1 Å². The summed E-state index contributed by atoms with van der Waals surface area (Å²) in [7, 11) is 0. The van der Waals surface area contributed by atoms with E-state index in [4.69, 9.17) is 5.73 Å². The average molecular weight is 299 g/mol. The lowest BCUT2D eigenvalue weighted by molar-refractivity contribution is -0.384. The van der Waals surface area contributed by atoms with Gasteiger partial charge in [-0.25, -0.2) is 4.98 Å². The lowest BCUT2D eigenvalue weighted by Gasteiger charge is -2.09. The molecule has 21 heavy (non-hydrogen) atoms. The van der Waals surface area contributed by atoms with Crippen LogP contribution in [0, 0.1) is 10.1 Å². The van der Waals surface area contributed by atoms with Gasteiger partial charge in [0.2, 0.25) is 11.8 Å². The molecule has 0 aliphatic heterocycles. The summed E-state index contributed by atoms with van der Waals surface area (Å²) in [5, 5.41) is 13.3. The maximum Gasteiger partial charge on any atom is 0.416 e. The summed E-state index contributed by atoms with van der Waals surface area (Å²) in [5.41, 5.74) is 4.26. The molecule has 10 heteroatoms. The van der Waals surface area contributed by atoms with Gasteiger partial charge in [-0.15, -0.1) is 0 Å². The largest absolute Gasteiger partial charge is 0.416 e. The number of hydrogen-bond acceptors (Lipinski definition) is 6. The van der Waals surface area contributed by atoms with Gasteiger partial charge in [0.05, 0.1) is 10.5 Å². The monoisotopic (exact) mass is 299 g/mol. The van der Waals surface area contributed by atoms with E-state index in [9.17, 15) is 23.3 Å². The minimum Gasteiger partial charge on any atom is -0.368 e. The van der Waals surface area contributed by atoms with Gasteiger partial charge in [-0.2, -0.15) is 18.2 Å². The number of alkyl halides is 3. The number of nitrogens with two attached hydrogens (primary N) is 1. The first-order valence-electron chi connectivity index (χ1n) is 5.48. The fourth-order valence-electron chi connectivity index (χ4n) is 1.49. The smallest absolute Gasteiger partial charge is 0.368 e. The Hall–Kier alpha value is -2.91. The molecule has 0 bridgehead atoms. The fraction of sp³-hybridized carbons (Fsp3) is 0.0909. The van der Waals surface area contributed by atoms with E-state index in [-0.39, 0.29) is 17.5 Å². The van der Waals surface area contributed by atoms with E-state index in [1.807, 2.05) is 0 Å². The van der Waals surface area contributed by atoms with Gasteiger partial charge in [0.25, 0.3) is 0 Å². The molecular weight excluding hydrogens is 291 g/mol. The molecule has 0 spiro atoms. The number of benzene rings is 1. The third-order valence-electron chi connectivity index (χ3n) is 2.46. The van der Waals surface area contributed by atoms with Gasteiger partial charge in [0.1, 0.15) is 6.20 Å². The molecule has 0 radical (unpaired) electrons. The summed E-state index contributed by atoms with van der Waals surface area (Å²) in [4.78, 5) is 17.2. The van der Waals surface area contributed by atoms with Crippen molar-refractivity contribution in [2.24, 2.45) is 0 Å². The first kappa shape index (κ1) is 14.5. The third kappa shape index (κ3) is 3.35. The van der Waals surface area contributed by atoms with Gasteiger partial charge in [-0.1, -0.05) is 0 Å². The molecule has 2 aromatic rings. The highest BCUT2D eigenvalue weighted by Gasteiger charge is 2.30. The fourth-order valence-corrected chi connectivity index (χ4v) is 1.49. The van der Waals surface area contributed by atoms with Gasteiger partial charge in [-0.05, 0) is 24.3 Å². The van der Waals surface area contributed by atoms with E-state index in [1.165, 1.54) is 0 Å². The molecule has 0 unspecified atom stereocenters. The zero-order valence-electron chi connectivity index (χ0n) is 10.3. The van der Waals surface area contributed by atoms with Gasteiger partial charge in [0, 0.05) is 5.69 Å². The Morgan fingerprint density at radius 3 is 2.38 bits per heavy atom. The molecule has 3 N–H and O–H groups in total. The molecule has 1 aromatic carbocycles. The predicted molar refractivity (Wildman–Crippen MR) is 67.8 cm³/mol. The molecule has 2 rings (SSSR count). The number of nitrogen functional groups attached to an aromatic ring is 1. The summed E-state index contributed by atoms with van der Waals surface area (Å²) < 4.78 is 37.3. The third-order valence-corrected chi connectivity index (χ3v) is 2.46. The normalized spacial score (nSPS) is 11.2. The quantitative estimate of drug-likeness (QED) is 0.666. The summed E-state index contributed by atoms with van der Waals surface area (Å²) in [6, 6.07) is 3.95. The molecule has 0 saturated heterocycles. The Morgan fingerprint density at radius 1 is 1.24 bits per heavy atom. The van der Waals surface area contributed by atoms with E-state index in [1.54, 1.807) is 0 Å². The molecule has 0 aliphatic carbocycles. The maximum atomic E-state index is 12.4. The Balaban J connectivity index is 2.30. The summed E-state index contributed by atoms with van der Waals surface area (Å²) >= 11 is 0. The first-order valence-corrected chi connectivity index (χ1v) is 5.48. The predicted octanol–water partition coefficient (Wildman–Crippen LogP) is 2.73. The van der Waals surface area contributed by atoms with Crippen molar-refractivity contribution in [3.63, 3.8) is 0 Å². The van der Waals surface area contributed by atoms with Crippen LogP contribution in [0.3, 0.4) is 0 Å². The minimum absolute atomic E-state index is 0.198. The van der Waals surface area contributed by atoms with Crippen LogP contribution in [-0.4, -0.2) is 14.9 Å².